The predicted molar refractivity (Wildman–Crippen MR) is 446 cm³/mol. The Morgan fingerprint density at radius 3 is 0.704 bits per heavy atom. The number of ether oxygens (including phenoxy) is 4. The minimum atomic E-state index is -4.97. The molecule has 0 aromatic carbocycles. The summed E-state index contributed by atoms with van der Waals surface area (Å²) in [7, 11) is -9.93. The molecule has 0 aromatic heterocycles. The number of aliphatic hydroxyl groups excluding tert-OH is 1. The number of carbonyl (C=O) groups is 4. The lowest BCUT2D eigenvalue weighted by Crippen LogP contribution is -2.30. The molecule has 108 heavy (non-hydrogen) atoms. The molecule has 0 amide bonds. The molecule has 0 aliphatic heterocycles. The van der Waals surface area contributed by atoms with Crippen molar-refractivity contribution in [2.75, 3.05) is 39.6 Å². The maximum absolute atomic E-state index is 13.2. The highest BCUT2D eigenvalue weighted by molar-refractivity contribution is 7.47. The van der Waals surface area contributed by atoms with Crippen molar-refractivity contribution in [3.8, 4) is 0 Å². The third kappa shape index (κ3) is 80.7. The highest BCUT2D eigenvalue weighted by Gasteiger charge is 2.31. The second-order valence-corrected chi connectivity index (χ2v) is 35.6. The first-order valence-corrected chi connectivity index (χ1v) is 49.0. The molecular weight excluding hydrogens is 1400 g/mol. The number of phosphoric ester groups is 2. The van der Waals surface area contributed by atoms with E-state index in [2.05, 4.69) is 41.5 Å². The molecular formula is C89H174O17P2. The highest BCUT2D eigenvalue weighted by atomic mass is 31.2. The van der Waals surface area contributed by atoms with Gasteiger partial charge in [0.25, 0.3) is 0 Å². The van der Waals surface area contributed by atoms with E-state index in [1.165, 1.54) is 295 Å². The summed E-state index contributed by atoms with van der Waals surface area (Å²) in [6.45, 7) is 9.79. The average Bonchev–Trinajstić information content (AvgIpc) is 0.922. The first-order valence-electron chi connectivity index (χ1n) is 46.0. The van der Waals surface area contributed by atoms with Gasteiger partial charge in [-0.25, -0.2) is 9.13 Å². The molecule has 3 N–H and O–H groups in total. The van der Waals surface area contributed by atoms with Gasteiger partial charge in [0, 0.05) is 25.7 Å². The van der Waals surface area contributed by atoms with Crippen LogP contribution in [0.2, 0.25) is 0 Å². The van der Waals surface area contributed by atoms with Crippen molar-refractivity contribution in [1.82, 2.24) is 0 Å². The number of hydrogen-bond acceptors (Lipinski definition) is 15. The molecule has 0 aromatic rings. The van der Waals surface area contributed by atoms with E-state index < -0.39 is 97.5 Å². The van der Waals surface area contributed by atoms with Crippen molar-refractivity contribution in [2.24, 2.45) is 11.8 Å². The Kier molecular flexibility index (Phi) is 78.8. The van der Waals surface area contributed by atoms with Gasteiger partial charge in [0.15, 0.2) is 12.2 Å². The summed E-state index contributed by atoms with van der Waals surface area (Å²) < 4.78 is 69.1. The van der Waals surface area contributed by atoms with E-state index in [1.807, 2.05) is 0 Å². The second kappa shape index (κ2) is 80.3. The summed E-state index contributed by atoms with van der Waals surface area (Å²) in [5.41, 5.74) is 0. The van der Waals surface area contributed by atoms with Gasteiger partial charge in [0.05, 0.1) is 26.4 Å². The first-order chi connectivity index (χ1) is 52.4. The predicted octanol–water partition coefficient (Wildman–Crippen LogP) is 27.4. The summed E-state index contributed by atoms with van der Waals surface area (Å²) in [6.07, 6.45) is 73.4. The highest BCUT2D eigenvalue weighted by Crippen LogP contribution is 2.45. The average molecular weight is 1580 g/mol. The van der Waals surface area contributed by atoms with Crippen LogP contribution in [0.1, 0.15) is 478 Å². The minimum absolute atomic E-state index is 0.109. The Morgan fingerprint density at radius 2 is 0.472 bits per heavy atom. The van der Waals surface area contributed by atoms with Gasteiger partial charge < -0.3 is 33.8 Å². The Hall–Kier alpha value is -1.94. The molecule has 0 spiro atoms. The van der Waals surface area contributed by atoms with Crippen LogP contribution < -0.4 is 0 Å². The Labute approximate surface area is 664 Å². The quantitative estimate of drug-likeness (QED) is 0.0222. The molecule has 3 unspecified atom stereocenters. The number of phosphoric acid groups is 2. The molecule has 19 heteroatoms. The van der Waals surface area contributed by atoms with Crippen LogP contribution in [0.3, 0.4) is 0 Å². The molecule has 0 heterocycles. The molecule has 642 valence electrons. The van der Waals surface area contributed by atoms with E-state index >= 15 is 0 Å². The topological polar surface area (TPSA) is 237 Å². The largest absolute Gasteiger partial charge is 0.472 e. The number of unbranched alkanes of at least 4 members (excludes halogenated alkanes) is 57. The van der Waals surface area contributed by atoms with Crippen molar-refractivity contribution < 1.29 is 80.2 Å². The summed E-state index contributed by atoms with van der Waals surface area (Å²) in [6, 6.07) is 0. The molecule has 0 radical (unpaired) electrons. The lowest BCUT2D eigenvalue weighted by Gasteiger charge is -2.21. The van der Waals surface area contributed by atoms with Crippen LogP contribution in [-0.2, 0) is 65.4 Å². The summed E-state index contributed by atoms with van der Waals surface area (Å²) >= 11 is 0. The van der Waals surface area contributed by atoms with Crippen LogP contribution in [0.4, 0.5) is 0 Å². The van der Waals surface area contributed by atoms with E-state index in [1.54, 1.807) is 0 Å². The zero-order chi connectivity index (χ0) is 79.2. The Morgan fingerprint density at radius 1 is 0.269 bits per heavy atom. The molecule has 0 aliphatic rings. The normalized spacial score (nSPS) is 14.0. The molecule has 6 atom stereocenters. The molecule has 17 nitrogen and oxygen atoms in total. The smallest absolute Gasteiger partial charge is 0.462 e. The zero-order valence-electron chi connectivity index (χ0n) is 71.2. The summed E-state index contributed by atoms with van der Waals surface area (Å²) in [4.78, 5) is 73.4. The van der Waals surface area contributed by atoms with Crippen LogP contribution >= 0.6 is 15.6 Å². The number of aliphatic hydroxyl groups is 1. The Balaban J connectivity index is 5.27. The second-order valence-electron chi connectivity index (χ2n) is 32.7. The van der Waals surface area contributed by atoms with E-state index in [0.29, 0.717) is 25.7 Å². The molecule has 0 rings (SSSR count). The Bertz CT molecular complexity index is 2070. The molecule has 0 fully saturated rings. The van der Waals surface area contributed by atoms with Crippen molar-refractivity contribution >= 4 is 39.5 Å². The van der Waals surface area contributed by atoms with Gasteiger partial charge in [-0.05, 0) is 37.5 Å². The lowest BCUT2D eigenvalue weighted by atomic mass is 9.99. The standard InChI is InChI=1S/C89H174O17P2/c1-7-10-12-14-16-18-20-22-23-24-25-29-37-43-49-55-61-67-73-88(93)105-84(77-99-86(91)71-65-59-53-47-41-33-21-19-17-15-13-11-8-2)79-103-107(95,96)101-75-83(90)76-102-108(97,98)104-80-85(78-100-87(92)72-66-60-54-48-42-36-32-31-35-40-46-52-58-64-70-82(6)9-3)106-89(94)74-68-62-56-50-44-38-30-27-26-28-34-39-45-51-57-63-69-81(4)5/h81-85,90H,7-80H2,1-6H3,(H,95,96)(H,97,98)/t82?,83-,84+,85+/m0/s1. The van der Waals surface area contributed by atoms with Crippen LogP contribution in [0.5, 0.6) is 0 Å². The maximum Gasteiger partial charge on any atom is 0.472 e. The monoisotopic (exact) mass is 1580 g/mol. The SMILES string of the molecule is CCCCCCCCCCCCCCCCCCCCC(=O)O[C@H](COC(=O)CCCCCCCCCCCCCCC)COP(=O)(O)OC[C@H](O)COP(=O)(O)OC[C@@H](COC(=O)CCCCCCCCCCCCCCCCC(C)CC)OC(=O)CCCCCCCCCCCCCCCCCCC(C)C. The van der Waals surface area contributed by atoms with Gasteiger partial charge in [-0.15, -0.1) is 0 Å². The summed E-state index contributed by atoms with van der Waals surface area (Å²) in [5, 5.41) is 10.7. The van der Waals surface area contributed by atoms with Crippen molar-refractivity contribution in [2.45, 2.75) is 496 Å². The fourth-order valence-corrected chi connectivity index (χ4v) is 15.5. The fourth-order valence-electron chi connectivity index (χ4n) is 13.9. The van der Waals surface area contributed by atoms with Crippen LogP contribution in [-0.4, -0.2) is 96.7 Å². The molecule has 0 aliphatic carbocycles. The van der Waals surface area contributed by atoms with Gasteiger partial charge in [0.2, 0.25) is 0 Å². The first kappa shape index (κ1) is 106. The maximum atomic E-state index is 13.2. The van der Waals surface area contributed by atoms with Crippen molar-refractivity contribution in [3.05, 3.63) is 0 Å². The van der Waals surface area contributed by atoms with Crippen LogP contribution in [0.15, 0.2) is 0 Å². The third-order valence-corrected chi connectivity index (χ3v) is 23.2. The van der Waals surface area contributed by atoms with Gasteiger partial charge in [0.1, 0.15) is 19.3 Å². The van der Waals surface area contributed by atoms with E-state index in [0.717, 1.165) is 102 Å². The van der Waals surface area contributed by atoms with Crippen LogP contribution in [0, 0.1) is 11.8 Å². The van der Waals surface area contributed by atoms with E-state index in [9.17, 15) is 43.2 Å². The number of esters is 4. The lowest BCUT2D eigenvalue weighted by molar-refractivity contribution is -0.161. The minimum Gasteiger partial charge on any atom is -0.462 e. The number of hydrogen-bond donors (Lipinski definition) is 3. The van der Waals surface area contributed by atoms with Gasteiger partial charge in [-0.3, -0.25) is 37.3 Å². The van der Waals surface area contributed by atoms with Crippen molar-refractivity contribution in [3.63, 3.8) is 0 Å². The molecule has 0 saturated carbocycles. The van der Waals surface area contributed by atoms with E-state index in [4.69, 9.17) is 37.0 Å². The third-order valence-electron chi connectivity index (χ3n) is 21.3. The van der Waals surface area contributed by atoms with Crippen LogP contribution in [0.25, 0.3) is 0 Å². The van der Waals surface area contributed by atoms with E-state index in [-0.39, 0.29) is 25.7 Å². The number of rotatable bonds is 88. The fraction of sp³-hybridized carbons (Fsp3) is 0.955. The van der Waals surface area contributed by atoms with Gasteiger partial charge >= 0.3 is 39.5 Å². The molecule has 0 saturated heterocycles. The van der Waals surface area contributed by atoms with Gasteiger partial charge in [-0.1, -0.05) is 427 Å². The summed E-state index contributed by atoms with van der Waals surface area (Å²) in [5.74, 6) is -0.436. The zero-order valence-corrected chi connectivity index (χ0v) is 73.0. The van der Waals surface area contributed by atoms with Gasteiger partial charge in [-0.2, -0.15) is 0 Å². The number of carbonyl (C=O) groups excluding carboxylic acids is 4. The van der Waals surface area contributed by atoms with Crippen molar-refractivity contribution in [1.29, 1.82) is 0 Å². The molecule has 0 bridgehead atoms.